The number of benzene rings is 2. The van der Waals surface area contributed by atoms with Crippen molar-refractivity contribution in [1.82, 2.24) is 4.90 Å². The van der Waals surface area contributed by atoms with Gasteiger partial charge in [-0.15, -0.1) is 0 Å². The molecule has 0 aromatic heterocycles. The topological polar surface area (TPSA) is 37.4 Å². The highest BCUT2D eigenvalue weighted by atomic mass is 32.2. The number of fused-ring (bicyclic) bond motifs is 1. The molecule has 118 valence electrons. The minimum Gasteiger partial charge on any atom is -0.274 e. The molecule has 3 rings (SSSR count). The highest BCUT2D eigenvalue weighted by molar-refractivity contribution is 7.98. The maximum atomic E-state index is 13.5. The number of rotatable bonds is 6. The van der Waals surface area contributed by atoms with Gasteiger partial charge >= 0.3 is 0 Å². The van der Waals surface area contributed by atoms with Crippen molar-refractivity contribution in [3.05, 3.63) is 71.0 Å². The normalized spacial score (nSPS) is 13.5. The molecule has 1 heterocycles. The Labute approximate surface area is 138 Å². The highest BCUT2D eigenvalue weighted by Gasteiger charge is 2.34. The molecule has 0 atom stereocenters. The molecule has 23 heavy (non-hydrogen) atoms. The van der Waals surface area contributed by atoms with Crippen molar-refractivity contribution in [2.45, 2.75) is 12.2 Å². The van der Waals surface area contributed by atoms with Crippen LogP contribution in [-0.2, 0) is 5.75 Å². The van der Waals surface area contributed by atoms with E-state index in [4.69, 9.17) is 0 Å². The fourth-order valence-corrected chi connectivity index (χ4v) is 3.50. The van der Waals surface area contributed by atoms with Gasteiger partial charge in [0.2, 0.25) is 0 Å². The number of imide groups is 1. The number of amides is 2. The zero-order valence-corrected chi connectivity index (χ0v) is 13.3. The lowest BCUT2D eigenvalue weighted by molar-refractivity contribution is 0.0655. The summed E-state index contributed by atoms with van der Waals surface area (Å²) >= 11 is 1.60. The van der Waals surface area contributed by atoms with Crippen LogP contribution in [0.1, 0.15) is 32.7 Å². The first-order chi connectivity index (χ1) is 11.2. The van der Waals surface area contributed by atoms with Crippen LogP contribution in [0.3, 0.4) is 0 Å². The molecule has 5 heteroatoms. The maximum absolute atomic E-state index is 13.5. The van der Waals surface area contributed by atoms with Crippen molar-refractivity contribution < 1.29 is 14.0 Å². The molecule has 0 saturated heterocycles. The summed E-state index contributed by atoms with van der Waals surface area (Å²) in [4.78, 5) is 25.7. The zero-order chi connectivity index (χ0) is 16.2. The van der Waals surface area contributed by atoms with Crippen molar-refractivity contribution >= 4 is 23.6 Å². The van der Waals surface area contributed by atoms with Crippen LogP contribution >= 0.6 is 11.8 Å². The third-order valence-electron chi connectivity index (χ3n) is 3.76. The van der Waals surface area contributed by atoms with Crippen LogP contribution < -0.4 is 0 Å². The highest BCUT2D eigenvalue weighted by Crippen LogP contribution is 2.23. The molecule has 2 aromatic carbocycles. The second-order valence-electron chi connectivity index (χ2n) is 5.31. The summed E-state index contributed by atoms with van der Waals surface area (Å²) in [6.07, 6.45) is 0.699. The third-order valence-corrected chi connectivity index (χ3v) is 4.86. The summed E-state index contributed by atoms with van der Waals surface area (Å²) in [5, 5.41) is 0. The second kappa shape index (κ2) is 6.96. The Morgan fingerprint density at radius 2 is 1.52 bits per heavy atom. The van der Waals surface area contributed by atoms with E-state index in [0.29, 0.717) is 35.4 Å². The summed E-state index contributed by atoms with van der Waals surface area (Å²) in [5.74, 6) is 0.728. The van der Waals surface area contributed by atoms with Gasteiger partial charge in [-0.3, -0.25) is 14.5 Å². The van der Waals surface area contributed by atoms with E-state index in [-0.39, 0.29) is 17.6 Å². The van der Waals surface area contributed by atoms with Gasteiger partial charge in [-0.25, -0.2) is 4.39 Å². The predicted molar refractivity (Wildman–Crippen MR) is 89.0 cm³/mol. The Morgan fingerprint density at radius 3 is 2.17 bits per heavy atom. The summed E-state index contributed by atoms with van der Waals surface area (Å²) in [6.45, 7) is 0.399. The van der Waals surface area contributed by atoms with E-state index < -0.39 is 0 Å². The first-order valence-electron chi connectivity index (χ1n) is 7.45. The van der Waals surface area contributed by atoms with Gasteiger partial charge in [-0.05, 0) is 35.9 Å². The van der Waals surface area contributed by atoms with E-state index in [1.807, 2.05) is 6.07 Å². The Balaban J connectivity index is 1.48. The van der Waals surface area contributed by atoms with Gasteiger partial charge in [0.1, 0.15) is 5.82 Å². The molecule has 0 aliphatic carbocycles. The van der Waals surface area contributed by atoms with Crippen LogP contribution in [0.2, 0.25) is 0 Å². The molecule has 0 fully saturated rings. The number of halogens is 1. The van der Waals surface area contributed by atoms with Crippen LogP contribution in [-0.4, -0.2) is 29.0 Å². The minimum atomic E-state index is -0.218. The van der Waals surface area contributed by atoms with Crippen molar-refractivity contribution in [1.29, 1.82) is 0 Å². The second-order valence-corrected chi connectivity index (χ2v) is 6.41. The molecule has 2 amide bonds. The summed E-state index contributed by atoms with van der Waals surface area (Å²) < 4.78 is 13.5. The third kappa shape index (κ3) is 3.29. The van der Waals surface area contributed by atoms with Crippen LogP contribution in [0, 0.1) is 5.82 Å². The van der Waals surface area contributed by atoms with E-state index in [9.17, 15) is 14.0 Å². The Bertz CT molecular complexity index is 712. The van der Waals surface area contributed by atoms with Gasteiger partial charge in [0.15, 0.2) is 0 Å². The standard InChI is InChI=1S/C18H16FNO2S/c19-16-9-4-1-6-13(16)12-23-11-5-10-20-17(21)14-7-2-3-8-15(14)18(20)22/h1-4,6-9H,5,10-12H2. The van der Waals surface area contributed by atoms with Crippen molar-refractivity contribution in [3.8, 4) is 0 Å². The number of nitrogens with zero attached hydrogens (tertiary/aromatic N) is 1. The van der Waals surface area contributed by atoms with Gasteiger partial charge in [0, 0.05) is 12.3 Å². The zero-order valence-electron chi connectivity index (χ0n) is 12.5. The number of hydrogen-bond donors (Lipinski definition) is 0. The number of thioether (sulfide) groups is 1. The molecule has 0 bridgehead atoms. The first-order valence-corrected chi connectivity index (χ1v) is 8.60. The molecule has 1 aliphatic heterocycles. The Morgan fingerprint density at radius 1 is 0.913 bits per heavy atom. The molecule has 0 N–H and O–H groups in total. The van der Waals surface area contributed by atoms with E-state index >= 15 is 0 Å². The van der Waals surface area contributed by atoms with Crippen LogP contribution in [0.4, 0.5) is 4.39 Å². The van der Waals surface area contributed by atoms with Gasteiger partial charge < -0.3 is 0 Å². The fraction of sp³-hybridized carbons (Fsp3) is 0.222. The first kappa shape index (κ1) is 15.7. The number of hydrogen-bond acceptors (Lipinski definition) is 3. The van der Waals surface area contributed by atoms with Gasteiger partial charge in [0.25, 0.3) is 11.8 Å². The van der Waals surface area contributed by atoms with Gasteiger partial charge in [-0.2, -0.15) is 11.8 Å². The maximum Gasteiger partial charge on any atom is 0.261 e. The van der Waals surface area contributed by atoms with E-state index in [2.05, 4.69) is 0 Å². The van der Waals surface area contributed by atoms with Crippen LogP contribution in [0.25, 0.3) is 0 Å². The quantitative estimate of drug-likeness (QED) is 0.598. The molecule has 1 aliphatic rings. The molecule has 2 aromatic rings. The summed E-state index contributed by atoms with van der Waals surface area (Å²) in [5.41, 5.74) is 1.64. The average Bonchev–Trinajstić information content (AvgIpc) is 2.81. The number of carbonyl (C=O) groups is 2. The van der Waals surface area contributed by atoms with Crippen molar-refractivity contribution in [3.63, 3.8) is 0 Å². The van der Waals surface area contributed by atoms with Crippen LogP contribution in [0.5, 0.6) is 0 Å². The van der Waals surface area contributed by atoms with Gasteiger partial charge in [-0.1, -0.05) is 30.3 Å². The predicted octanol–water partition coefficient (Wildman–Crippen LogP) is 3.75. The largest absolute Gasteiger partial charge is 0.274 e. The SMILES string of the molecule is O=C1c2ccccc2C(=O)N1CCCSCc1ccccc1F. The molecule has 0 saturated carbocycles. The summed E-state index contributed by atoms with van der Waals surface area (Å²) in [7, 11) is 0. The molecule has 0 spiro atoms. The summed E-state index contributed by atoms with van der Waals surface area (Å²) in [6, 6.07) is 13.6. The fourth-order valence-electron chi connectivity index (χ4n) is 2.56. The van der Waals surface area contributed by atoms with Crippen LogP contribution in [0.15, 0.2) is 48.5 Å². The Kier molecular flexibility index (Phi) is 4.76. The lowest BCUT2D eigenvalue weighted by Gasteiger charge is -2.13. The molecular weight excluding hydrogens is 313 g/mol. The molecule has 0 unspecified atom stereocenters. The minimum absolute atomic E-state index is 0.194. The monoisotopic (exact) mass is 329 g/mol. The smallest absolute Gasteiger partial charge is 0.261 e. The molecular formula is C18H16FNO2S. The Hall–Kier alpha value is -2.14. The molecule has 0 radical (unpaired) electrons. The number of carbonyl (C=O) groups excluding carboxylic acids is 2. The van der Waals surface area contributed by atoms with Crippen molar-refractivity contribution in [2.24, 2.45) is 0 Å². The van der Waals surface area contributed by atoms with E-state index in [0.717, 1.165) is 5.75 Å². The van der Waals surface area contributed by atoms with Gasteiger partial charge in [0.05, 0.1) is 11.1 Å². The lowest BCUT2D eigenvalue weighted by atomic mass is 10.1. The average molecular weight is 329 g/mol. The van der Waals surface area contributed by atoms with Crippen molar-refractivity contribution in [2.75, 3.05) is 12.3 Å². The van der Waals surface area contributed by atoms with E-state index in [1.165, 1.54) is 11.0 Å². The molecule has 3 nitrogen and oxygen atoms in total. The lowest BCUT2D eigenvalue weighted by Crippen LogP contribution is -2.31. The van der Waals surface area contributed by atoms with E-state index in [1.54, 1.807) is 48.2 Å².